The van der Waals surface area contributed by atoms with Gasteiger partial charge < -0.3 is 14.8 Å². The maximum atomic E-state index is 12.8. The monoisotopic (exact) mass is 365 g/mol. The van der Waals surface area contributed by atoms with Gasteiger partial charge in [0.05, 0.1) is 38.5 Å². The standard InChI is InChI=1S/C17H23N3O4S/c1-18(2)8-5-9-19-16-14(11-6-3-4-7-12(11)25-16)15(23)20(17(19)24)10-13(21)22/h3-10H2,1-2H3,(H,21,22). The Hall–Kier alpha value is -1.93. The van der Waals surface area contributed by atoms with E-state index in [-0.39, 0.29) is 0 Å². The van der Waals surface area contributed by atoms with Crippen molar-refractivity contribution in [3.05, 3.63) is 31.3 Å². The van der Waals surface area contributed by atoms with Crippen LogP contribution in [0.4, 0.5) is 0 Å². The van der Waals surface area contributed by atoms with Crippen LogP contribution in [0.2, 0.25) is 0 Å². The number of carboxylic acids is 1. The van der Waals surface area contributed by atoms with Gasteiger partial charge in [0.1, 0.15) is 4.83 Å². The number of aryl methyl sites for hydroxylation is 3. The minimum atomic E-state index is -1.42. The zero-order valence-corrected chi connectivity index (χ0v) is 15.4. The number of hydrogen-bond donors (Lipinski definition) is 1. The molecule has 2 heterocycles. The van der Waals surface area contributed by atoms with Gasteiger partial charge in [-0.15, -0.1) is 11.3 Å². The quantitative estimate of drug-likeness (QED) is 0.667. The number of rotatable bonds is 6. The highest BCUT2D eigenvalue weighted by Gasteiger charge is 2.23. The Labute approximate surface area is 149 Å². The minimum absolute atomic E-state index is 0.479. The van der Waals surface area contributed by atoms with Gasteiger partial charge >= 0.3 is 5.69 Å². The molecular formula is C17H23N3O4S. The third-order valence-electron chi connectivity index (χ3n) is 4.66. The number of carboxylic acid groups (broad SMARTS) is 1. The first-order chi connectivity index (χ1) is 11.9. The van der Waals surface area contributed by atoms with Crippen molar-refractivity contribution >= 4 is 27.5 Å². The van der Waals surface area contributed by atoms with Crippen molar-refractivity contribution in [3.63, 3.8) is 0 Å². The van der Waals surface area contributed by atoms with Crippen LogP contribution in [0.5, 0.6) is 0 Å². The van der Waals surface area contributed by atoms with Crippen molar-refractivity contribution in [2.24, 2.45) is 0 Å². The molecule has 2 aromatic rings. The molecule has 0 radical (unpaired) electrons. The molecule has 8 heteroatoms. The molecule has 136 valence electrons. The fraction of sp³-hybridized carbons (Fsp3) is 0.588. The fourth-order valence-electron chi connectivity index (χ4n) is 3.47. The second kappa shape index (κ2) is 7.13. The molecule has 2 aromatic heterocycles. The number of aliphatic carboxylic acids is 1. The molecule has 0 spiro atoms. The summed E-state index contributed by atoms with van der Waals surface area (Å²) in [6.45, 7) is 0.670. The van der Waals surface area contributed by atoms with Gasteiger partial charge in [0.2, 0.25) is 0 Å². The van der Waals surface area contributed by atoms with E-state index >= 15 is 0 Å². The summed E-state index contributed by atoms with van der Waals surface area (Å²) in [6.07, 6.45) is 4.62. The molecule has 0 fully saturated rings. The minimum Gasteiger partial charge on any atom is -0.548 e. The van der Waals surface area contributed by atoms with E-state index in [1.54, 1.807) is 4.57 Å². The van der Waals surface area contributed by atoms with E-state index in [1.165, 1.54) is 16.2 Å². The smallest absolute Gasteiger partial charge is 0.332 e. The van der Waals surface area contributed by atoms with E-state index in [2.05, 4.69) is 0 Å². The number of carbonyl (C=O) groups excluding carboxylic acids is 1. The second-order valence-electron chi connectivity index (χ2n) is 6.90. The van der Waals surface area contributed by atoms with Crippen LogP contribution < -0.4 is 21.3 Å². The second-order valence-corrected chi connectivity index (χ2v) is 7.98. The Morgan fingerprint density at radius 2 is 1.92 bits per heavy atom. The van der Waals surface area contributed by atoms with Gasteiger partial charge in [0, 0.05) is 17.8 Å². The number of carbonyl (C=O) groups is 1. The molecular weight excluding hydrogens is 342 g/mol. The maximum absolute atomic E-state index is 12.8. The third-order valence-corrected chi connectivity index (χ3v) is 5.98. The number of aromatic nitrogens is 2. The van der Waals surface area contributed by atoms with Crippen LogP contribution in [0, 0.1) is 0 Å². The normalized spacial score (nSPS) is 14.2. The first-order valence-corrected chi connectivity index (χ1v) is 9.48. The predicted molar refractivity (Wildman–Crippen MR) is 94.3 cm³/mol. The molecule has 0 aliphatic heterocycles. The Kier molecular flexibility index (Phi) is 5.10. The first kappa shape index (κ1) is 17.9. The van der Waals surface area contributed by atoms with Gasteiger partial charge in [0.25, 0.3) is 5.56 Å². The maximum Gasteiger partial charge on any atom is 0.332 e. The van der Waals surface area contributed by atoms with Crippen LogP contribution in [0.1, 0.15) is 29.7 Å². The molecule has 3 rings (SSSR count). The van der Waals surface area contributed by atoms with Crippen molar-refractivity contribution in [2.45, 2.75) is 45.2 Å². The van der Waals surface area contributed by atoms with Gasteiger partial charge in [0.15, 0.2) is 0 Å². The molecule has 0 amide bonds. The van der Waals surface area contributed by atoms with E-state index in [0.717, 1.165) is 53.7 Å². The summed E-state index contributed by atoms with van der Waals surface area (Å²) in [6, 6.07) is 0. The van der Waals surface area contributed by atoms with E-state index < -0.39 is 23.8 Å². The van der Waals surface area contributed by atoms with Crippen LogP contribution in [-0.2, 0) is 30.7 Å². The van der Waals surface area contributed by atoms with E-state index in [4.69, 9.17) is 0 Å². The largest absolute Gasteiger partial charge is 0.548 e. The van der Waals surface area contributed by atoms with Crippen LogP contribution in [-0.4, -0.2) is 35.7 Å². The average molecular weight is 365 g/mol. The molecule has 0 saturated carbocycles. The molecule has 7 nitrogen and oxygen atoms in total. The highest BCUT2D eigenvalue weighted by molar-refractivity contribution is 7.18. The Morgan fingerprint density at radius 1 is 1.20 bits per heavy atom. The number of hydrogen-bond acceptors (Lipinski definition) is 5. The molecule has 25 heavy (non-hydrogen) atoms. The van der Waals surface area contributed by atoms with Crippen molar-refractivity contribution in [1.29, 1.82) is 0 Å². The summed E-state index contributed by atoms with van der Waals surface area (Å²) in [4.78, 5) is 39.7. The summed E-state index contributed by atoms with van der Waals surface area (Å²) < 4.78 is 2.41. The Morgan fingerprint density at radius 3 is 2.60 bits per heavy atom. The molecule has 0 unspecified atom stereocenters. The van der Waals surface area contributed by atoms with Crippen LogP contribution in [0.15, 0.2) is 9.59 Å². The lowest BCUT2D eigenvalue weighted by Crippen LogP contribution is -3.05. The predicted octanol–water partition coefficient (Wildman–Crippen LogP) is -1.61. The molecule has 0 saturated heterocycles. The summed E-state index contributed by atoms with van der Waals surface area (Å²) in [5.74, 6) is -1.42. The number of fused-ring (bicyclic) bond motifs is 3. The summed E-state index contributed by atoms with van der Waals surface area (Å²) in [5.41, 5.74) is -0.0255. The van der Waals surface area contributed by atoms with Gasteiger partial charge in [-0.2, -0.15) is 0 Å². The number of quaternary nitrogens is 1. The zero-order valence-electron chi connectivity index (χ0n) is 14.6. The van der Waals surface area contributed by atoms with Gasteiger partial charge in [-0.1, -0.05) is 0 Å². The van der Waals surface area contributed by atoms with Crippen molar-refractivity contribution in [3.8, 4) is 0 Å². The number of nitrogens with zero attached hydrogens (tertiary/aromatic N) is 2. The van der Waals surface area contributed by atoms with Crippen molar-refractivity contribution < 1.29 is 14.8 Å². The lowest BCUT2D eigenvalue weighted by atomic mass is 9.97. The van der Waals surface area contributed by atoms with Gasteiger partial charge in [-0.3, -0.25) is 13.9 Å². The van der Waals surface area contributed by atoms with Crippen molar-refractivity contribution in [1.82, 2.24) is 9.13 Å². The van der Waals surface area contributed by atoms with E-state index in [1.807, 2.05) is 14.1 Å². The summed E-state index contributed by atoms with van der Waals surface area (Å²) in [7, 11) is 4.08. The average Bonchev–Trinajstić information content (AvgIpc) is 2.93. The Balaban J connectivity index is 2.20. The Bertz CT molecular complexity index is 923. The zero-order chi connectivity index (χ0) is 18.1. The number of nitrogens with one attached hydrogen (secondary N) is 1. The molecule has 0 aromatic carbocycles. The summed E-state index contributed by atoms with van der Waals surface area (Å²) >= 11 is 1.52. The van der Waals surface area contributed by atoms with Crippen LogP contribution in [0.3, 0.4) is 0 Å². The topological polar surface area (TPSA) is 88.6 Å². The highest BCUT2D eigenvalue weighted by atomic mass is 32.1. The SMILES string of the molecule is C[NH+](C)CCCn1c(=O)n(CC(=O)[O-])c(=O)c2c3c(sc21)CCCC3. The van der Waals surface area contributed by atoms with E-state index in [0.29, 0.717) is 16.8 Å². The van der Waals surface area contributed by atoms with Gasteiger partial charge in [-0.05, 0) is 31.2 Å². The molecule has 1 aliphatic rings. The molecule has 1 N–H and O–H groups in total. The van der Waals surface area contributed by atoms with Gasteiger partial charge in [-0.25, -0.2) is 4.79 Å². The first-order valence-electron chi connectivity index (χ1n) is 8.67. The molecule has 0 atom stereocenters. The fourth-order valence-corrected chi connectivity index (χ4v) is 4.87. The van der Waals surface area contributed by atoms with Crippen LogP contribution >= 0.6 is 11.3 Å². The third kappa shape index (κ3) is 3.41. The molecule has 1 aliphatic carbocycles. The van der Waals surface area contributed by atoms with Crippen LogP contribution in [0.25, 0.3) is 10.2 Å². The van der Waals surface area contributed by atoms with Crippen molar-refractivity contribution in [2.75, 3.05) is 20.6 Å². The number of thiophene rings is 1. The molecule has 0 bridgehead atoms. The summed E-state index contributed by atoms with van der Waals surface area (Å²) in [5, 5.41) is 11.6. The highest BCUT2D eigenvalue weighted by Crippen LogP contribution is 2.34. The lowest BCUT2D eigenvalue weighted by Gasteiger charge is -2.14. The lowest BCUT2D eigenvalue weighted by molar-refractivity contribution is -0.858. The van der Waals surface area contributed by atoms with E-state index in [9.17, 15) is 19.5 Å².